The van der Waals surface area contributed by atoms with Gasteiger partial charge >= 0.3 is 83.7 Å². The summed E-state index contributed by atoms with van der Waals surface area (Å²) >= 11 is 0.0981. The molecular weight excluding hydrogens is 253 g/mol. The van der Waals surface area contributed by atoms with Crippen molar-refractivity contribution >= 4 is 0 Å². The van der Waals surface area contributed by atoms with Gasteiger partial charge < -0.3 is 24.8 Å². The van der Waals surface area contributed by atoms with Crippen LogP contribution in [0.25, 0.3) is 0 Å². The predicted octanol–water partition coefficient (Wildman–Crippen LogP) is -3.68. The number of hydrogen-bond donors (Lipinski definition) is 0. The molecule has 4 heteroatoms. The maximum atomic E-state index is 2.71. The summed E-state index contributed by atoms with van der Waals surface area (Å²) < 4.78 is 4.43. The van der Waals surface area contributed by atoms with Crippen LogP contribution in [0, 0.1) is 0 Å². The van der Waals surface area contributed by atoms with E-state index in [4.69, 9.17) is 0 Å². The number of allylic oxidation sites excluding steroid dienone is 4. The zero-order valence-electron chi connectivity index (χ0n) is 8.18. The number of piperidine rings is 1. The van der Waals surface area contributed by atoms with Crippen LogP contribution in [0.1, 0.15) is 25.7 Å². The number of nitrogens with zero attached hydrogens (tertiary/aromatic N) is 1. The number of rotatable bonds is 2. The molecule has 2 rings (SSSR count). The Morgan fingerprint density at radius 3 is 2.36 bits per heavy atom. The second kappa shape index (κ2) is 7.95. The topological polar surface area (TPSA) is 3.24 Å². The minimum atomic E-state index is 0. The largest absolute Gasteiger partial charge is 1.00 e. The molecule has 0 spiro atoms. The van der Waals surface area contributed by atoms with Crippen molar-refractivity contribution < 1.29 is 44.2 Å². The van der Waals surface area contributed by atoms with Crippen LogP contribution in [0.2, 0.25) is 0 Å². The Labute approximate surface area is 108 Å². The molecule has 0 bridgehead atoms. The molecule has 0 aromatic heterocycles. The molecule has 0 saturated carbocycles. The normalized spacial score (nSPS) is 20.4. The maximum absolute atomic E-state index is 2.71. The Morgan fingerprint density at radius 2 is 1.79 bits per heavy atom. The summed E-state index contributed by atoms with van der Waals surface area (Å²) in [6.45, 7) is 2.74. The predicted molar refractivity (Wildman–Crippen MR) is 47.3 cm³/mol. The van der Waals surface area contributed by atoms with Gasteiger partial charge in [0.25, 0.3) is 0 Å². The molecule has 0 radical (unpaired) electrons. The molecule has 0 atom stereocenters. The van der Waals surface area contributed by atoms with Crippen molar-refractivity contribution in [1.29, 1.82) is 0 Å². The van der Waals surface area contributed by atoms with Crippen molar-refractivity contribution in [2.45, 2.75) is 25.7 Å². The summed E-state index contributed by atoms with van der Waals surface area (Å²) in [5.41, 5.74) is 0. The Bertz CT molecular complexity index is 210. The van der Waals surface area contributed by atoms with Crippen molar-refractivity contribution in [3.05, 3.63) is 22.1 Å². The second-order valence-electron chi connectivity index (χ2n) is 3.48. The van der Waals surface area contributed by atoms with Gasteiger partial charge in [0.1, 0.15) is 0 Å². The van der Waals surface area contributed by atoms with E-state index in [0.717, 1.165) is 0 Å². The fraction of sp³-hybridized carbons (Fsp3) is 0.600. The van der Waals surface area contributed by atoms with Crippen LogP contribution in [0.4, 0.5) is 0 Å². The third-order valence-corrected chi connectivity index (χ3v) is 4.65. The standard InChI is InChI=1S/C5H10N.C5H5.2ClH.Ti/c1-2-4-6-5-3-1;1-2-4-5-3-1;;;/h1-5H2;1-3H,4H2;2*1H;/q-1;;;;+3/p-2. The Hall–Kier alpha value is 0.734. The summed E-state index contributed by atoms with van der Waals surface area (Å²) in [5, 5.41) is 0. The minimum absolute atomic E-state index is 0. The van der Waals surface area contributed by atoms with Crippen LogP contribution in [-0.2, 0) is 19.4 Å². The van der Waals surface area contributed by atoms with E-state index in [2.05, 4.69) is 21.6 Å². The number of hydrogen-bond acceptors (Lipinski definition) is 1. The van der Waals surface area contributed by atoms with Crippen LogP contribution >= 0.6 is 0 Å². The summed E-state index contributed by atoms with van der Waals surface area (Å²) in [5.74, 6) is 0. The first kappa shape index (κ1) is 14.7. The zero-order chi connectivity index (χ0) is 8.23. The smallest absolute Gasteiger partial charge is 1.00 e. The van der Waals surface area contributed by atoms with E-state index < -0.39 is 0 Å². The molecule has 1 aliphatic carbocycles. The molecule has 0 aromatic rings. The first-order valence-corrected chi connectivity index (χ1v) is 6.30. The molecule has 0 unspecified atom stereocenters. The van der Waals surface area contributed by atoms with Crippen LogP contribution in [0.15, 0.2) is 22.1 Å². The van der Waals surface area contributed by atoms with Gasteiger partial charge in [-0.15, -0.1) is 0 Å². The van der Waals surface area contributed by atoms with Gasteiger partial charge in [-0.05, 0) is 0 Å². The van der Waals surface area contributed by atoms with Gasteiger partial charge in [-0.2, -0.15) is 0 Å². The molecule has 1 saturated heterocycles. The monoisotopic (exact) mass is 267 g/mol. The van der Waals surface area contributed by atoms with E-state index >= 15 is 0 Å². The molecule has 1 nitrogen and oxygen atoms in total. The average Bonchev–Trinajstić information content (AvgIpc) is 2.59. The second-order valence-corrected chi connectivity index (χ2v) is 5.82. The van der Waals surface area contributed by atoms with Crippen molar-refractivity contribution in [3.8, 4) is 0 Å². The molecule has 0 aromatic carbocycles. The van der Waals surface area contributed by atoms with Gasteiger partial charge in [0.2, 0.25) is 0 Å². The first-order valence-electron chi connectivity index (χ1n) is 4.82. The zero-order valence-corrected chi connectivity index (χ0v) is 11.3. The van der Waals surface area contributed by atoms with E-state index in [1.54, 1.807) is 3.88 Å². The molecule has 0 N–H and O–H groups in total. The Kier molecular flexibility index (Phi) is 8.37. The van der Waals surface area contributed by atoms with Gasteiger partial charge in [0.15, 0.2) is 0 Å². The van der Waals surface area contributed by atoms with Crippen molar-refractivity contribution in [1.82, 2.24) is 3.38 Å². The van der Waals surface area contributed by atoms with E-state index in [-0.39, 0.29) is 44.2 Å². The van der Waals surface area contributed by atoms with Gasteiger partial charge in [-0.25, -0.2) is 0 Å². The van der Waals surface area contributed by atoms with Gasteiger partial charge in [-0.1, -0.05) is 0 Å². The fourth-order valence-corrected chi connectivity index (χ4v) is 3.81. The number of halogens is 2. The van der Waals surface area contributed by atoms with E-state index in [1.165, 1.54) is 38.8 Å². The van der Waals surface area contributed by atoms with Gasteiger partial charge in [0.05, 0.1) is 0 Å². The van der Waals surface area contributed by atoms with Gasteiger partial charge in [-0.3, -0.25) is 0 Å². The molecule has 1 aliphatic heterocycles. The Balaban J connectivity index is 0.000000845. The summed E-state index contributed by atoms with van der Waals surface area (Å²) in [6, 6.07) is 0. The van der Waals surface area contributed by atoms with Gasteiger partial charge in [0, 0.05) is 0 Å². The molecular formula is C10H15Cl2NTi. The molecule has 78 valence electrons. The SMILES string of the molecule is C1=CC[C]([Ti+2][N]2CCCCC2)=C1.[Cl-].[Cl-]. The summed E-state index contributed by atoms with van der Waals surface area (Å²) in [6.07, 6.45) is 12.4. The van der Waals surface area contributed by atoms with Crippen LogP contribution in [0.3, 0.4) is 0 Å². The first-order chi connectivity index (χ1) is 5.95. The average molecular weight is 268 g/mol. The van der Waals surface area contributed by atoms with Crippen molar-refractivity contribution in [2.75, 3.05) is 13.1 Å². The maximum Gasteiger partial charge on any atom is -1.00 e. The summed E-state index contributed by atoms with van der Waals surface area (Å²) in [4.78, 5) is 0. The van der Waals surface area contributed by atoms with E-state index in [1.807, 2.05) is 0 Å². The van der Waals surface area contributed by atoms with Crippen molar-refractivity contribution in [3.63, 3.8) is 0 Å². The van der Waals surface area contributed by atoms with Crippen LogP contribution in [0.5, 0.6) is 0 Å². The van der Waals surface area contributed by atoms with E-state index in [9.17, 15) is 0 Å². The molecule has 2 aliphatic rings. The summed E-state index contributed by atoms with van der Waals surface area (Å²) in [7, 11) is 0. The third-order valence-electron chi connectivity index (χ3n) is 2.43. The van der Waals surface area contributed by atoms with Crippen molar-refractivity contribution in [2.24, 2.45) is 0 Å². The molecule has 1 heterocycles. The van der Waals surface area contributed by atoms with Crippen LogP contribution < -0.4 is 24.8 Å². The third kappa shape index (κ3) is 4.50. The Morgan fingerprint density at radius 1 is 1.07 bits per heavy atom. The van der Waals surface area contributed by atoms with E-state index in [0.29, 0.717) is 0 Å². The quantitative estimate of drug-likeness (QED) is 0.466. The molecule has 14 heavy (non-hydrogen) atoms. The van der Waals surface area contributed by atoms with Crippen LogP contribution in [-0.4, -0.2) is 16.5 Å². The molecule has 1 fully saturated rings. The minimum Gasteiger partial charge on any atom is -1.00 e. The molecule has 0 amide bonds. The fourth-order valence-electron chi connectivity index (χ4n) is 1.74.